The molecule has 1 aliphatic rings. The molecule has 0 radical (unpaired) electrons. The zero-order valence-corrected chi connectivity index (χ0v) is 13.0. The Morgan fingerprint density at radius 2 is 2.05 bits per heavy atom. The highest BCUT2D eigenvalue weighted by Crippen LogP contribution is 2.34. The Balaban J connectivity index is 1.85. The molecular formula is C16H29N3. The van der Waals surface area contributed by atoms with Crippen molar-refractivity contribution >= 4 is 0 Å². The molecule has 3 heteroatoms. The number of nitrogens with one attached hydrogen (secondary N) is 1. The molecular weight excluding hydrogens is 234 g/mol. The highest BCUT2D eigenvalue weighted by Gasteiger charge is 2.22. The lowest BCUT2D eigenvalue weighted by Crippen LogP contribution is -2.29. The van der Waals surface area contributed by atoms with Gasteiger partial charge in [-0.25, -0.2) is 0 Å². The Kier molecular flexibility index (Phi) is 5.03. The predicted molar refractivity (Wildman–Crippen MR) is 80.4 cm³/mol. The van der Waals surface area contributed by atoms with Crippen LogP contribution in [0.2, 0.25) is 0 Å². The summed E-state index contributed by atoms with van der Waals surface area (Å²) in [5.41, 5.74) is 3.99. The van der Waals surface area contributed by atoms with Crippen LogP contribution in [0.1, 0.15) is 56.0 Å². The fourth-order valence-corrected chi connectivity index (χ4v) is 2.98. The third kappa shape index (κ3) is 4.07. The smallest absolute Gasteiger partial charge is 0.0628 e. The molecule has 3 nitrogen and oxygen atoms in total. The van der Waals surface area contributed by atoms with Gasteiger partial charge in [0, 0.05) is 18.8 Å². The maximum Gasteiger partial charge on any atom is 0.0628 e. The van der Waals surface area contributed by atoms with Gasteiger partial charge in [0.05, 0.1) is 5.69 Å². The van der Waals surface area contributed by atoms with E-state index >= 15 is 0 Å². The fourth-order valence-electron chi connectivity index (χ4n) is 2.98. The van der Waals surface area contributed by atoms with E-state index in [-0.39, 0.29) is 0 Å². The first-order valence-corrected chi connectivity index (χ1v) is 7.84. The Morgan fingerprint density at radius 3 is 2.58 bits per heavy atom. The van der Waals surface area contributed by atoms with Gasteiger partial charge < -0.3 is 5.32 Å². The summed E-state index contributed by atoms with van der Waals surface area (Å²) in [6, 6.07) is 0.685. The maximum absolute atomic E-state index is 4.52. The van der Waals surface area contributed by atoms with Crippen molar-refractivity contribution in [1.82, 2.24) is 15.1 Å². The highest BCUT2D eigenvalue weighted by atomic mass is 15.3. The van der Waals surface area contributed by atoms with Crippen molar-refractivity contribution in [1.29, 1.82) is 0 Å². The van der Waals surface area contributed by atoms with E-state index in [4.69, 9.17) is 0 Å². The number of hydrogen-bond donors (Lipinski definition) is 1. The minimum Gasteiger partial charge on any atom is -0.314 e. The van der Waals surface area contributed by atoms with E-state index in [0.29, 0.717) is 6.04 Å². The van der Waals surface area contributed by atoms with E-state index in [0.717, 1.165) is 18.9 Å². The van der Waals surface area contributed by atoms with Gasteiger partial charge in [0.1, 0.15) is 0 Å². The average Bonchev–Trinajstić information content (AvgIpc) is 3.15. The van der Waals surface area contributed by atoms with Crippen molar-refractivity contribution in [2.45, 2.75) is 65.3 Å². The Labute approximate surface area is 117 Å². The molecule has 0 amide bonds. The lowest BCUT2D eigenvalue weighted by molar-refractivity contribution is 0.439. The van der Waals surface area contributed by atoms with Crippen LogP contribution < -0.4 is 5.32 Å². The number of rotatable bonds is 8. The summed E-state index contributed by atoms with van der Waals surface area (Å²) >= 11 is 0. The molecule has 0 saturated heterocycles. The number of aryl methyl sites for hydroxylation is 2. The van der Waals surface area contributed by atoms with Crippen LogP contribution >= 0.6 is 0 Å². The topological polar surface area (TPSA) is 29.9 Å². The van der Waals surface area contributed by atoms with Gasteiger partial charge in [0.25, 0.3) is 0 Å². The molecule has 1 atom stereocenters. The van der Waals surface area contributed by atoms with Crippen LogP contribution in [0.4, 0.5) is 0 Å². The molecule has 1 aliphatic carbocycles. The quantitative estimate of drug-likeness (QED) is 0.781. The molecule has 0 bridgehead atoms. The second-order valence-corrected chi connectivity index (χ2v) is 6.09. The van der Waals surface area contributed by atoms with Crippen LogP contribution in [0.15, 0.2) is 0 Å². The van der Waals surface area contributed by atoms with Crippen LogP contribution in [0, 0.1) is 19.8 Å². The van der Waals surface area contributed by atoms with Gasteiger partial charge in [-0.2, -0.15) is 5.10 Å². The van der Waals surface area contributed by atoms with Gasteiger partial charge in [-0.15, -0.1) is 0 Å². The van der Waals surface area contributed by atoms with Crippen LogP contribution in [-0.2, 0) is 13.5 Å². The zero-order chi connectivity index (χ0) is 13.8. The summed E-state index contributed by atoms with van der Waals surface area (Å²) in [6.07, 6.45) is 8.11. The maximum atomic E-state index is 4.52. The lowest BCUT2D eigenvalue weighted by atomic mass is 9.99. The van der Waals surface area contributed by atoms with Gasteiger partial charge in [0.15, 0.2) is 0 Å². The molecule has 1 N–H and O–H groups in total. The molecule has 1 heterocycles. The molecule has 1 saturated carbocycles. The van der Waals surface area contributed by atoms with E-state index in [9.17, 15) is 0 Å². The Hall–Kier alpha value is -0.830. The summed E-state index contributed by atoms with van der Waals surface area (Å²) in [4.78, 5) is 0. The van der Waals surface area contributed by atoms with Gasteiger partial charge in [-0.05, 0) is 57.6 Å². The van der Waals surface area contributed by atoms with E-state index in [1.54, 1.807) is 0 Å². The third-order valence-electron chi connectivity index (χ3n) is 4.51. The van der Waals surface area contributed by atoms with E-state index in [2.05, 4.69) is 31.2 Å². The Morgan fingerprint density at radius 1 is 1.32 bits per heavy atom. The van der Waals surface area contributed by atoms with Crippen molar-refractivity contribution < 1.29 is 0 Å². The summed E-state index contributed by atoms with van der Waals surface area (Å²) in [7, 11) is 2.04. The molecule has 108 valence electrons. The van der Waals surface area contributed by atoms with Crippen molar-refractivity contribution in [2.24, 2.45) is 13.0 Å². The molecule has 1 fully saturated rings. The van der Waals surface area contributed by atoms with Crippen molar-refractivity contribution in [3.63, 3.8) is 0 Å². The first-order valence-electron chi connectivity index (χ1n) is 7.84. The molecule has 0 aromatic carbocycles. The molecule has 0 aliphatic heterocycles. The number of aromatic nitrogens is 2. The highest BCUT2D eigenvalue weighted by molar-refractivity contribution is 5.24. The van der Waals surface area contributed by atoms with E-state index < -0.39 is 0 Å². The summed E-state index contributed by atoms with van der Waals surface area (Å²) in [6.45, 7) is 7.61. The van der Waals surface area contributed by atoms with Crippen molar-refractivity contribution in [2.75, 3.05) is 6.54 Å². The van der Waals surface area contributed by atoms with Crippen LogP contribution in [0.5, 0.6) is 0 Å². The molecule has 2 rings (SSSR count). The first kappa shape index (κ1) is 14.6. The van der Waals surface area contributed by atoms with Gasteiger partial charge >= 0.3 is 0 Å². The fraction of sp³-hybridized carbons (Fsp3) is 0.812. The minimum absolute atomic E-state index is 0.685. The zero-order valence-electron chi connectivity index (χ0n) is 13.0. The molecule has 1 unspecified atom stereocenters. The third-order valence-corrected chi connectivity index (χ3v) is 4.51. The normalized spacial score (nSPS) is 16.8. The summed E-state index contributed by atoms with van der Waals surface area (Å²) < 4.78 is 2.01. The molecule has 19 heavy (non-hydrogen) atoms. The molecule has 1 aromatic heterocycles. The average molecular weight is 263 g/mol. The van der Waals surface area contributed by atoms with E-state index in [1.165, 1.54) is 49.1 Å². The molecule has 1 aromatic rings. The first-order chi connectivity index (χ1) is 9.11. The van der Waals surface area contributed by atoms with Crippen molar-refractivity contribution in [3.05, 3.63) is 17.0 Å². The number of nitrogens with zero attached hydrogens (tertiary/aromatic N) is 2. The van der Waals surface area contributed by atoms with Crippen molar-refractivity contribution in [3.8, 4) is 0 Å². The number of hydrogen-bond acceptors (Lipinski definition) is 2. The van der Waals surface area contributed by atoms with Gasteiger partial charge in [-0.3, -0.25) is 4.68 Å². The summed E-state index contributed by atoms with van der Waals surface area (Å²) in [5.74, 6) is 1.04. The Bertz CT molecular complexity index is 404. The van der Waals surface area contributed by atoms with Gasteiger partial charge in [0.2, 0.25) is 0 Å². The van der Waals surface area contributed by atoms with Crippen LogP contribution in [0.25, 0.3) is 0 Å². The summed E-state index contributed by atoms with van der Waals surface area (Å²) in [5, 5.41) is 8.17. The van der Waals surface area contributed by atoms with E-state index in [1.807, 2.05) is 11.7 Å². The monoisotopic (exact) mass is 263 g/mol. The SMILES string of the molecule is CCNC(CCc1c(C)nn(C)c1C)CCC1CC1. The van der Waals surface area contributed by atoms with Gasteiger partial charge in [-0.1, -0.05) is 19.8 Å². The lowest BCUT2D eigenvalue weighted by Gasteiger charge is -2.17. The second kappa shape index (κ2) is 6.56. The van der Waals surface area contributed by atoms with Crippen LogP contribution in [-0.4, -0.2) is 22.4 Å². The van der Waals surface area contributed by atoms with Crippen LogP contribution in [0.3, 0.4) is 0 Å². The predicted octanol–water partition coefficient (Wildman–Crippen LogP) is 3.14. The largest absolute Gasteiger partial charge is 0.314 e. The molecule has 0 spiro atoms. The standard InChI is InChI=1S/C16H29N3/c1-5-17-15(9-8-14-6-7-14)10-11-16-12(2)18-19(4)13(16)3/h14-15,17H,5-11H2,1-4H3. The second-order valence-electron chi connectivity index (χ2n) is 6.09. The minimum atomic E-state index is 0.685.